The van der Waals surface area contributed by atoms with Gasteiger partial charge in [0.1, 0.15) is 0 Å². The van der Waals surface area contributed by atoms with Crippen LogP contribution in [0, 0.1) is 11.3 Å². The van der Waals surface area contributed by atoms with Crippen molar-refractivity contribution < 1.29 is 5.11 Å². The third-order valence-corrected chi connectivity index (χ3v) is 5.66. The molecule has 2 saturated carbocycles. The third kappa shape index (κ3) is 2.93. The molecule has 110 valence electrons. The minimum Gasteiger partial charge on any atom is -0.388 e. The average Bonchev–Trinajstić information content (AvgIpc) is 2.36. The fourth-order valence-electron chi connectivity index (χ4n) is 3.75. The van der Waals surface area contributed by atoms with Crippen LogP contribution in [0.2, 0.25) is 0 Å². The molecule has 1 unspecified atom stereocenters. The molecule has 2 aliphatic rings. The molecule has 0 saturated heterocycles. The van der Waals surface area contributed by atoms with Crippen molar-refractivity contribution in [3.8, 4) is 0 Å². The molecular weight excluding hydrogens is 244 g/mol. The SMILES string of the molecule is CC1(C)CCC(C(O)c2cccc(C3CCC3)c2)CC1. The Hall–Kier alpha value is -0.820. The van der Waals surface area contributed by atoms with Crippen LogP contribution in [0.1, 0.15) is 81.9 Å². The lowest BCUT2D eigenvalue weighted by Gasteiger charge is -2.36. The maximum absolute atomic E-state index is 10.7. The first-order valence-corrected chi connectivity index (χ1v) is 8.33. The van der Waals surface area contributed by atoms with Gasteiger partial charge in [0.15, 0.2) is 0 Å². The van der Waals surface area contributed by atoms with Crippen molar-refractivity contribution in [2.24, 2.45) is 11.3 Å². The lowest BCUT2D eigenvalue weighted by atomic mass is 9.70. The minimum absolute atomic E-state index is 0.258. The predicted octanol–water partition coefficient (Wildman–Crippen LogP) is 5.20. The largest absolute Gasteiger partial charge is 0.388 e. The zero-order valence-corrected chi connectivity index (χ0v) is 12.9. The molecule has 0 aliphatic heterocycles. The molecular formula is C19H28O. The van der Waals surface area contributed by atoms with Crippen LogP contribution in [0.15, 0.2) is 24.3 Å². The van der Waals surface area contributed by atoms with E-state index in [1.807, 2.05) is 0 Å². The Morgan fingerprint density at radius 2 is 1.80 bits per heavy atom. The number of rotatable bonds is 3. The fourth-order valence-corrected chi connectivity index (χ4v) is 3.75. The van der Waals surface area contributed by atoms with Gasteiger partial charge in [-0.2, -0.15) is 0 Å². The van der Waals surface area contributed by atoms with Crippen molar-refractivity contribution in [3.05, 3.63) is 35.4 Å². The Kier molecular flexibility index (Phi) is 3.90. The van der Waals surface area contributed by atoms with Crippen molar-refractivity contribution in [3.63, 3.8) is 0 Å². The quantitative estimate of drug-likeness (QED) is 0.801. The second-order valence-corrected chi connectivity index (χ2v) is 7.74. The maximum Gasteiger partial charge on any atom is 0.0818 e. The molecule has 0 bridgehead atoms. The van der Waals surface area contributed by atoms with E-state index in [1.54, 1.807) is 0 Å². The smallest absolute Gasteiger partial charge is 0.0818 e. The lowest BCUT2D eigenvalue weighted by Crippen LogP contribution is -2.25. The minimum atomic E-state index is -0.258. The topological polar surface area (TPSA) is 20.2 Å². The summed E-state index contributed by atoms with van der Waals surface area (Å²) in [7, 11) is 0. The second kappa shape index (κ2) is 5.52. The molecule has 0 aromatic heterocycles. The summed E-state index contributed by atoms with van der Waals surface area (Å²) in [4.78, 5) is 0. The monoisotopic (exact) mass is 272 g/mol. The van der Waals surface area contributed by atoms with E-state index in [1.165, 1.54) is 50.5 Å². The molecule has 2 aliphatic carbocycles. The van der Waals surface area contributed by atoms with Gasteiger partial charge in [-0.25, -0.2) is 0 Å². The molecule has 1 heteroatoms. The van der Waals surface area contributed by atoms with E-state index < -0.39 is 0 Å². The van der Waals surface area contributed by atoms with Gasteiger partial charge in [-0.3, -0.25) is 0 Å². The Balaban J connectivity index is 1.69. The van der Waals surface area contributed by atoms with Crippen LogP contribution < -0.4 is 0 Å². The lowest BCUT2D eigenvalue weighted by molar-refractivity contribution is 0.0566. The molecule has 0 amide bonds. The van der Waals surface area contributed by atoms with E-state index >= 15 is 0 Å². The predicted molar refractivity (Wildman–Crippen MR) is 83.7 cm³/mol. The van der Waals surface area contributed by atoms with Crippen molar-refractivity contribution in [2.75, 3.05) is 0 Å². The van der Waals surface area contributed by atoms with Crippen LogP contribution in [-0.2, 0) is 0 Å². The number of hydrogen-bond donors (Lipinski definition) is 1. The molecule has 1 atom stereocenters. The molecule has 2 fully saturated rings. The molecule has 20 heavy (non-hydrogen) atoms. The molecule has 1 aromatic rings. The standard InChI is InChI=1S/C19H28O/c1-19(2)11-9-15(10-12-19)18(20)17-8-4-7-16(13-17)14-5-3-6-14/h4,7-8,13-15,18,20H,3,5-6,9-12H2,1-2H3. The van der Waals surface area contributed by atoms with Gasteiger partial charge in [0.25, 0.3) is 0 Å². The van der Waals surface area contributed by atoms with E-state index in [-0.39, 0.29) is 6.10 Å². The summed E-state index contributed by atoms with van der Waals surface area (Å²) in [6.07, 6.45) is 8.60. The summed E-state index contributed by atoms with van der Waals surface area (Å²) >= 11 is 0. The molecule has 0 spiro atoms. The van der Waals surface area contributed by atoms with Gasteiger partial charge >= 0.3 is 0 Å². The highest BCUT2D eigenvalue weighted by Crippen LogP contribution is 2.43. The molecule has 0 heterocycles. The van der Waals surface area contributed by atoms with Gasteiger partial charge in [-0.1, -0.05) is 44.5 Å². The fraction of sp³-hybridized carbons (Fsp3) is 0.684. The Labute approximate surface area is 123 Å². The summed E-state index contributed by atoms with van der Waals surface area (Å²) in [5, 5.41) is 10.7. The van der Waals surface area contributed by atoms with Crippen LogP contribution in [0.4, 0.5) is 0 Å². The van der Waals surface area contributed by atoms with Gasteiger partial charge < -0.3 is 5.11 Å². The number of aliphatic hydroxyl groups is 1. The first kappa shape index (κ1) is 14.1. The van der Waals surface area contributed by atoms with E-state index in [9.17, 15) is 5.11 Å². The van der Waals surface area contributed by atoms with Crippen LogP contribution in [0.5, 0.6) is 0 Å². The first-order chi connectivity index (χ1) is 9.55. The maximum atomic E-state index is 10.7. The van der Waals surface area contributed by atoms with Crippen LogP contribution in [0.3, 0.4) is 0 Å². The van der Waals surface area contributed by atoms with Crippen LogP contribution in [0.25, 0.3) is 0 Å². The molecule has 1 N–H and O–H groups in total. The number of hydrogen-bond acceptors (Lipinski definition) is 1. The normalized spacial score (nSPS) is 25.1. The average molecular weight is 272 g/mol. The summed E-state index contributed by atoms with van der Waals surface area (Å²) in [6.45, 7) is 4.71. The molecule has 0 radical (unpaired) electrons. The van der Waals surface area contributed by atoms with E-state index in [0.29, 0.717) is 11.3 Å². The number of benzene rings is 1. The summed E-state index contributed by atoms with van der Waals surface area (Å²) in [5.74, 6) is 1.21. The van der Waals surface area contributed by atoms with E-state index in [2.05, 4.69) is 38.1 Å². The van der Waals surface area contributed by atoms with Crippen molar-refractivity contribution >= 4 is 0 Å². The van der Waals surface area contributed by atoms with Gasteiger partial charge in [0.05, 0.1) is 6.10 Å². The van der Waals surface area contributed by atoms with Crippen molar-refractivity contribution in [2.45, 2.75) is 70.8 Å². The van der Waals surface area contributed by atoms with Gasteiger partial charge in [0, 0.05) is 0 Å². The Bertz CT molecular complexity index is 449. The summed E-state index contributed by atoms with van der Waals surface area (Å²) in [5.41, 5.74) is 3.08. The molecule has 1 aromatic carbocycles. The van der Waals surface area contributed by atoms with Crippen LogP contribution in [-0.4, -0.2) is 5.11 Å². The summed E-state index contributed by atoms with van der Waals surface area (Å²) in [6, 6.07) is 8.77. The second-order valence-electron chi connectivity index (χ2n) is 7.74. The van der Waals surface area contributed by atoms with Gasteiger partial charge in [0.2, 0.25) is 0 Å². The highest BCUT2D eigenvalue weighted by atomic mass is 16.3. The Morgan fingerprint density at radius 1 is 1.10 bits per heavy atom. The van der Waals surface area contributed by atoms with Gasteiger partial charge in [-0.15, -0.1) is 0 Å². The first-order valence-electron chi connectivity index (χ1n) is 8.33. The molecule has 1 nitrogen and oxygen atoms in total. The molecule has 3 rings (SSSR count). The van der Waals surface area contributed by atoms with Gasteiger partial charge in [-0.05, 0) is 66.9 Å². The van der Waals surface area contributed by atoms with E-state index in [0.717, 1.165) is 11.5 Å². The van der Waals surface area contributed by atoms with E-state index in [4.69, 9.17) is 0 Å². The zero-order valence-electron chi connectivity index (χ0n) is 12.9. The number of aliphatic hydroxyl groups excluding tert-OH is 1. The van der Waals surface area contributed by atoms with Crippen LogP contribution >= 0.6 is 0 Å². The van der Waals surface area contributed by atoms with Crippen molar-refractivity contribution in [1.82, 2.24) is 0 Å². The third-order valence-electron chi connectivity index (χ3n) is 5.66. The Morgan fingerprint density at radius 3 is 2.40 bits per heavy atom. The zero-order chi connectivity index (χ0) is 14.2. The van der Waals surface area contributed by atoms with Crippen molar-refractivity contribution in [1.29, 1.82) is 0 Å². The highest BCUT2D eigenvalue weighted by Gasteiger charge is 2.31. The highest BCUT2D eigenvalue weighted by molar-refractivity contribution is 5.29. The summed E-state index contributed by atoms with van der Waals surface area (Å²) < 4.78 is 0.